The molecule has 0 aliphatic carbocycles. The van der Waals surface area contributed by atoms with Crippen molar-refractivity contribution < 1.29 is 69.1 Å². The summed E-state index contributed by atoms with van der Waals surface area (Å²) in [5.74, 6) is 0. The van der Waals surface area contributed by atoms with Crippen LogP contribution in [-0.4, -0.2) is 14.1 Å². The van der Waals surface area contributed by atoms with Crippen molar-refractivity contribution >= 4 is 23.1 Å². The predicted octanol–water partition coefficient (Wildman–Crippen LogP) is -1.05. The minimum Gasteiger partial charge on any atom is -0.444 e. The van der Waals surface area contributed by atoms with E-state index in [1.165, 1.54) is 12.5 Å². The SMILES string of the molecule is COCc1csc([B-](F)(F)F)c1.[K+]. The molecule has 1 heterocycles. The zero-order chi connectivity index (χ0) is 9.19. The Morgan fingerprint density at radius 1 is 1.46 bits per heavy atom. The molecule has 0 aliphatic rings. The molecule has 0 radical (unpaired) electrons. The fourth-order valence-corrected chi connectivity index (χ4v) is 1.61. The summed E-state index contributed by atoms with van der Waals surface area (Å²) >= 11 is 0.719. The number of halogens is 3. The van der Waals surface area contributed by atoms with E-state index < -0.39 is 11.8 Å². The monoisotopic (exact) mass is 234 g/mol. The van der Waals surface area contributed by atoms with Gasteiger partial charge in [-0.15, -0.1) is 0 Å². The number of ether oxygens (including phenoxy) is 1. The molecule has 0 atom stereocenters. The van der Waals surface area contributed by atoms with Crippen LogP contribution in [-0.2, 0) is 11.3 Å². The van der Waals surface area contributed by atoms with Gasteiger partial charge in [-0.3, -0.25) is 0 Å². The molecule has 0 aliphatic heterocycles. The van der Waals surface area contributed by atoms with Crippen LogP contribution in [0.5, 0.6) is 0 Å². The van der Waals surface area contributed by atoms with Gasteiger partial charge in [-0.05, 0) is 10.9 Å². The van der Waals surface area contributed by atoms with Crippen molar-refractivity contribution in [2.75, 3.05) is 7.11 Å². The molecule has 13 heavy (non-hydrogen) atoms. The Bertz CT molecular complexity index is 263. The van der Waals surface area contributed by atoms with E-state index in [1.54, 1.807) is 0 Å². The van der Waals surface area contributed by atoms with Gasteiger partial charge in [0.2, 0.25) is 0 Å². The Morgan fingerprint density at radius 2 is 2.08 bits per heavy atom. The molecule has 0 unspecified atom stereocenters. The zero-order valence-electron chi connectivity index (χ0n) is 7.39. The van der Waals surface area contributed by atoms with Gasteiger partial charge in [0.05, 0.1) is 6.61 Å². The first-order valence-corrected chi connectivity index (χ1v) is 4.18. The van der Waals surface area contributed by atoms with Crippen LogP contribution in [0.4, 0.5) is 12.9 Å². The van der Waals surface area contributed by atoms with Crippen molar-refractivity contribution in [1.82, 2.24) is 0 Å². The first kappa shape index (κ1) is 14.2. The second kappa shape index (κ2) is 5.89. The predicted molar refractivity (Wildman–Crippen MR) is 43.7 cm³/mol. The second-order valence-corrected chi connectivity index (χ2v) is 3.31. The molecule has 1 nitrogen and oxygen atoms in total. The van der Waals surface area contributed by atoms with Crippen LogP contribution in [0.3, 0.4) is 0 Å². The van der Waals surface area contributed by atoms with Gasteiger partial charge in [-0.2, -0.15) is 11.3 Å². The molecular formula is C6H7BF3KOS. The summed E-state index contributed by atoms with van der Waals surface area (Å²) in [4.78, 5) is 0. The average molecular weight is 234 g/mol. The fourth-order valence-electron chi connectivity index (χ4n) is 0.808. The Kier molecular flexibility index (Phi) is 6.42. The molecule has 0 bridgehead atoms. The van der Waals surface area contributed by atoms with E-state index in [9.17, 15) is 12.9 Å². The summed E-state index contributed by atoms with van der Waals surface area (Å²) in [6.45, 7) is -4.60. The van der Waals surface area contributed by atoms with Crippen LogP contribution in [0.25, 0.3) is 0 Å². The van der Waals surface area contributed by atoms with Crippen LogP contribution in [0, 0.1) is 0 Å². The third-order valence-electron chi connectivity index (χ3n) is 1.31. The van der Waals surface area contributed by atoms with Crippen molar-refractivity contribution in [1.29, 1.82) is 0 Å². The average Bonchev–Trinajstić information content (AvgIpc) is 2.35. The maximum Gasteiger partial charge on any atom is 1.00 e. The van der Waals surface area contributed by atoms with Crippen LogP contribution >= 0.6 is 11.3 Å². The van der Waals surface area contributed by atoms with Gasteiger partial charge in [0.1, 0.15) is 0 Å². The number of hydrogen-bond donors (Lipinski definition) is 0. The zero-order valence-corrected chi connectivity index (χ0v) is 11.3. The molecule has 0 spiro atoms. The summed E-state index contributed by atoms with van der Waals surface area (Å²) in [5.41, 5.74) is 0.580. The van der Waals surface area contributed by atoms with Crippen LogP contribution in [0.2, 0.25) is 0 Å². The Hall–Kier alpha value is 1.15. The molecule has 68 valence electrons. The third kappa shape index (κ3) is 4.46. The maximum absolute atomic E-state index is 12.1. The fraction of sp³-hybridized carbons (Fsp3) is 0.333. The second-order valence-electron chi connectivity index (χ2n) is 2.37. The Balaban J connectivity index is 0.00000144. The normalized spacial score (nSPS) is 11.1. The smallest absolute Gasteiger partial charge is 0.444 e. The standard InChI is InChI=1S/C6H7BF3OS.K/c1-11-3-5-2-6(12-4-5)7(8,9)10;/h2,4H,3H2,1H3;/q-1;+1. The molecule has 0 saturated heterocycles. The number of thiophene rings is 1. The first-order chi connectivity index (χ1) is 5.54. The molecule has 0 fully saturated rings. The molecule has 1 aromatic rings. The van der Waals surface area contributed by atoms with Crippen LogP contribution in [0.15, 0.2) is 11.4 Å². The molecule has 1 aromatic heterocycles. The molecule has 0 N–H and O–H groups in total. The van der Waals surface area contributed by atoms with E-state index in [-0.39, 0.29) is 58.0 Å². The molecule has 0 aromatic carbocycles. The Labute approximate surface area is 121 Å². The summed E-state index contributed by atoms with van der Waals surface area (Å²) in [6, 6.07) is 1.13. The van der Waals surface area contributed by atoms with Gasteiger partial charge in [0, 0.05) is 7.11 Å². The summed E-state index contributed by atoms with van der Waals surface area (Å²) in [7, 11) is 1.45. The quantitative estimate of drug-likeness (QED) is 0.606. The molecule has 0 amide bonds. The molecule has 1 rings (SSSR count). The van der Waals surface area contributed by atoms with Crippen LogP contribution < -0.4 is 56.2 Å². The van der Waals surface area contributed by atoms with Gasteiger partial charge in [-0.1, -0.05) is 10.8 Å². The topological polar surface area (TPSA) is 9.23 Å². The van der Waals surface area contributed by atoms with Crippen LogP contribution in [0.1, 0.15) is 5.56 Å². The van der Waals surface area contributed by atoms with E-state index >= 15 is 0 Å². The maximum atomic E-state index is 12.1. The van der Waals surface area contributed by atoms with Crippen molar-refractivity contribution in [2.45, 2.75) is 6.61 Å². The van der Waals surface area contributed by atoms with Gasteiger partial charge in [0.15, 0.2) is 0 Å². The minimum atomic E-state index is -4.83. The van der Waals surface area contributed by atoms with E-state index in [2.05, 4.69) is 0 Å². The molecular weight excluding hydrogens is 227 g/mol. The van der Waals surface area contributed by atoms with Gasteiger partial charge >= 0.3 is 58.4 Å². The third-order valence-corrected chi connectivity index (χ3v) is 2.39. The van der Waals surface area contributed by atoms with Crippen molar-refractivity contribution in [3.8, 4) is 0 Å². The van der Waals surface area contributed by atoms with Gasteiger partial charge < -0.3 is 17.7 Å². The number of rotatable bonds is 3. The van der Waals surface area contributed by atoms with Crippen molar-refractivity contribution in [3.63, 3.8) is 0 Å². The summed E-state index contributed by atoms with van der Waals surface area (Å²) in [6.07, 6.45) is 0. The Morgan fingerprint density at radius 3 is 2.46 bits per heavy atom. The summed E-state index contributed by atoms with van der Waals surface area (Å²) in [5, 5.41) is 1.47. The largest absolute Gasteiger partial charge is 1.00 e. The van der Waals surface area contributed by atoms with Crippen molar-refractivity contribution in [3.05, 3.63) is 17.0 Å². The van der Waals surface area contributed by atoms with Gasteiger partial charge in [-0.25, -0.2) is 0 Å². The van der Waals surface area contributed by atoms with Gasteiger partial charge in [0.25, 0.3) is 0 Å². The minimum absolute atomic E-state index is 0. The van der Waals surface area contributed by atoms with E-state index in [0.29, 0.717) is 5.56 Å². The first-order valence-electron chi connectivity index (χ1n) is 3.30. The van der Waals surface area contributed by atoms with E-state index in [1.807, 2.05) is 0 Å². The van der Waals surface area contributed by atoms with E-state index in [0.717, 1.165) is 17.4 Å². The van der Waals surface area contributed by atoms with E-state index in [4.69, 9.17) is 4.74 Å². The molecule has 7 heteroatoms. The number of methoxy groups -OCH3 is 1. The van der Waals surface area contributed by atoms with Crippen molar-refractivity contribution in [2.24, 2.45) is 0 Å². The molecule has 0 saturated carbocycles. The summed E-state index contributed by atoms with van der Waals surface area (Å²) < 4.78 is 40.4. The number of hydrogen-bond acceptors (Lipinski definition) is 2.